The summed E-state index contributed by atoms with van der Waals surface area (Å²) < 4.78 is 28.6. The molecule has 1 fully saturated rings. The number of alkyl halides is 2. The molecule has 1 aromatic carbocycles. The predicted octanol–water partition coefficient (Wildman–Crippen LogP) is 1.46. The van der Waals surface area contributed by atoms with E-state index in [1.807, 2.05) is 0 Å². The number of benzene rings is 1. The zero-order valence-corrected chi connectivity index (χ0v) is 9.86. The molecule has 19 heavy (non-hydrogen) atoms. The van der Waals surface area contributed by atoms with E-state index in [1.54, 1.807) is 0 Å². The lowest BCUT2D eigenvalue weighted by atomic mass is 10.2. The highest BCUT2D eigenvalue weighted by Gasteiger charge is 2.30. The minimum Gasteiger partial charge on any atom is -0.434 e. The van der Waals surface area contributed by atoms with Crippen LogP contribution in [0, 0.1) is 5.92 Å². The second-order valence-electron chi connectivity index (χ2n) is 4.09. The first-order chi connectivity index (χ1) is 9.08. The fourth-order valence-electron chi connectivity index (χ4n) is 1.49. The third-order valence-electron chi connectivity index (χ3n) is 2.60. The normalized spacial score (nSPS) is 14.1. The first kappa shape index (κ1) is 13.3. The Morgan fingerprint density at radius 3 is 2.53 bits per heavy atom. The second-order valence-corrected chi connectivity index (χ2v) is 4.09. The van der Waals surface area contributed by atoms with Crippen molar-refractivity contribution in [3.63, 3.8) is 0 Å². The maximum Gasteiger partial charge on any atom is 0.387 e. The molecule has 2 rings (SSSR count). The van der Waals surface area contributed by atoms with Crippen molar-refractivity contribution in [2.45, 2.75) is 19.5 Å². The smallest absolute Gasteiger partial charge is 0.387 e. The zero-order chi connectivity index (χ0) is 13.8. The van der Waals surface area contributed by atoms with Gasteiger partial charge in [0.1, 0.15) is 5.75 Å². The van der Waals surface area contributed by atoms with Gasteiger partial charge in [-0.1, -0.05) is 12.1 Å². The van der Waals surface area contributed by atoms with Crippen molar-refractivity contribution in [2.75, 3.05) is 0 Å². The summed E-state index contributed by atoms with van der Waals surface area (Å²) in [5.74, 6) is -1.28. The van der Waals surface area contributed by atoms with Gasteiger partial charge in [0, 0.05) is 5.92 Å². The SMILES string of the molecule is O=C(NNC(=O)C1CC1)c1ccccc1OC(F)F. The topological polar surface area (TPSA) is 67.4 Å². The van der Waals surface area contributed by atoms with Crippen molar-refractivity contribution in [3.05, 3.63) is 29.8 Å². The van der Waals surface area contributed by atoms with E-state index < -0.39 is 12.5 Å². The Balaban J connectivity index is 1.99. The van der Waals surface area contributed by atoms with Crippen molar-refractivity contribution >= 4 is 11.8 Å². The minimum absolute atomic E-state index is 0.0622. The number of para-hydroxylation sites is 1. The quantitative estimate of drug-likeness (QED) is 0.814. The monoisotopic (exact) mass is 270 g/mol. The average Bonchev–Trinajstić information content (AvgIpc) is 3.19. The fraction of sp³-hybridized carbons (Fsp3) is 0.333. The van der Waals surface area contributed by atoms with E-state index in [9.17, 15) is 18.4 Å². The molecule has 1 aliphatic rings. The van der Waals surface area contributed by atoms with E-state index in [-0.39, 0.29) is 23.1 Å². The lowest BCUT2D eigenvalue weighted by molar-refractivity contribution is -0.123. The molecule has 0 radical (unpaired) electrons. The summed E-state index contributed by atoms with van der Waals surface area (Å²) in [6.07, 6.45) is 1.60. The van der Waals surface area contributed by atoms with Gasteiger partial charge in [0.05, 0.1) is 5.56 Å². The van der Waals surface area contributed by atoms with Gasteiger partial charge in [-0.25, -0.2) is 0 Å². The zero-order valence-electron chi connectivity index (χ0n) is 9.86. The Labute approximate surface area is 107 Å². The first-order valence-electron chi connectivity index (χ1n) is 5.72. The van der Waals surface area contributed by atoms with Crippen LogP contribution in [0.3, 0.4) is 0 Å². The Hall–Kier alpha value is -2.18. The van der Waals surface area contributed by atoms with E-state index in [0.29, 0.717) is 0 Å². The summed E-state index contributed by atoms with van der Waals surface area (Å²) >= 11 is 0. The molecular formula is C12H12F2N2O3. The van der Waals surface area contributed by atoms with E-state index in [0.717, 1.165) is 12.8 Å². The standard InChI is InChI=1S/C12H12F2N2O3/c13-12(14)19-9-4-2-1-3-8(9)11(18)16-15-10(17)7-5-6-7/h1-4,7,12H,5-6H2,(H,15,17)(H,16,18). The van der Waals surface area contributed by atoms with E-state index in [2.05, 4.69) is 15.6 Å². The molecule has 0 saturated heterocycles. The molecule has 1 aliphatic carbocycles. The van der Waals surface area contributed by atoms with Gasteiger partial charge in [-0.2, -0.15) is 8.78 Å². The summed E-state index contributed by atoms with van der Waals surface area (Å²) in [7, 11) is 0. The van der Waals surface area contributed by atoms with Gasteiger partial charge in [-0.3, -0.25) is 20.4 Å². The Morgan fingerprint density at radius 1 is 1.21 bits per heavy atom. The van der Waals surface area contributed by atoms with Crippen LogP contribution in [0.15, 0.2) is 24.3 Å². The third-order valence-corrected chi connectivity index (χ3v) is 2.60. The highest BCUT2D eigenvalue weighted by molar-refractivity contribution is 5.98. The van der Waals surface area contributed by atoms with Gasteiger partial charge in [0.2, 0.25) is 5.91 Å². The molecule has 0 bridgehead atoms. The molecule has 0 spiro atoms. The van der Waals surface area contributed by atoms with Crippen LogP contribution in [-0.4, -0.2) is 18.4 Å². The van der Waals surface area contributed by atoms with Gasteiger partial charge in [0.25, 0.3) is 5.91 Å². The van der Waals surface area contributed by atoms with Crippen LogP contribution < -0.4 is 15.6 Å². The number of halogens is 2. The largest absolute Gasteiger partial charge is 0.434 e. The van der Waals surface area contributed by atoms with Gasteiger partial charge in [0.15, 0.2) is 0 Å². The molecule has 0 atom stereocenters. The Morgan fingerprint density at radius 2 is 1.89 bits per heavy atom. The fourth-order valence-corrected chi connectivity index (χ4v) is 1.49. The van der Waals surface area contributed by atoms with Crippen molar-refractivity contribution in [2.24, 2.45) is 5.92 Å². The summed E-state index contributed by atoms with van der Waals surface area (Å²) in [6.45, 7) is -3.02. The first-order valence-corrected chi connectivity index (χ1v) is 5.72. The van der Waals surface area contributed by atoms with Crippen LogP contribution in [0.25, 0.3) is 0 Å². The molecule has 2 amide bonds. The molecule has 5 nitrogen and oxygen atoms in total. The highest BCUT2D eigenvalue weighted by atomic mass is 19.3. The number of rotatable bonds is 4. The number of hydrogen-bond acceptors (Lipinski definition) is 3. The number of hydrogen-bond donors (Lipinski definition) is 2. The second kappa shape index (κ2) is 5.64. The highest BCUT2D eigenvalue weighted by Crippen LogP contribution is 2.28. The minimum atomic E-state index is -3.02. The molecule has 0 unspecified atom stereocenters. The lowest BCUT2D eigenvalue weighted by Crippen LogP contribution is -2.42. The van der Waals surface area contributed by atoms with E-state index >= 15 is 0 Å². The van der Waals surface area contributed by atoms with Crippen LogP contribution in [0.1, 0.15) is 23.2 Å². The molecule has 0 heterocycles. The maximum absolute atomic E-state index is 12.2. The Bertz CT molecular complexity index is 490. The van der Waals surface area contributed by atoms with Crippen LogP contribution in [-0.2, 0) is 4.79 Å². The summed E-state index contributed by atoms with van der Waals surface area (Å²) in [4.78, 5) is 23.1. The van der Waals surface area contributed by atoms with Gasteiger partial charge in [-0.05, 0) is 25.0 Å². The van der Waals surface area contributed by atoms with Crippen molar-refractivity contribution < 1.29 is 23.1 Å². The predicted molar refractivity (Wildman–Crippen MR) is 61.4 cm³/mol. The van der Waals surface area contributed by atoms with Crippen molar-refractivity contribution in [3.8, 4) is 5.75 Å². The molecule has 1 aromatic rings. The molecule has 0 aliphatic heterocycles. The molecule has 7 heteroatoms. The number of carbonyl (C=O) groups excluding carboxylic acids is 2. The lowest BCUT2D eigenvalue weighted by Gasteiger charge is -2.11. The molecule has 2 N–H and O–H groups in total. The molecule has 0 aromatic heterocycles. The summed E-state index contributed by atoms with van der Waals surface area (Å²) in [5, 5.41) is 0. The number of hydrazine groups is 1. The summed E-state index contributed by atoms with van der Waals surface area (Å²) in [5.41, 5.74) is 4.34. The molecular weight excluding hydrogens is 258 g/mol. The van der Waals surface area contributed by atoms with Crippen molar-refractivity contribution in [1.82, 2.24) is 10.9 Å². The third kappa shape index (κ3) is 3.64. The van der Waals surface area contributed by atoms with E-state index in [4.69, 9.17) is 0 Å². The van der Waals surface area contributed by atoms with Gasteiger partial charge < -0.3 is 4.74 Å². The van der Waals surface area contributed by atoms with Gasteiger partial charge >= 0.3 is 6.61 Å². The maximum atomic E-state index is 12.2. The summed E-state index contributed by atoms with van der Waals surface area (Å²) in [6, 6.07) is 5.56. The van der Waals surface area contributed by atoms with Gasteiger partial charge in [-0.15, -0.1) is 0 Å². The number of carbonyl (C=O) groups is 2. The van der Waals surface area contributed by atoms with Crippen LogP contribution in [0.5, 0.6) is 5.75 Å². The molecule has 102 valence electrons. The van der Waals surface area contributed by atoms with Crippen molar-refractivity contribution in [1.29, 1.82) is 0 Å². The van der Waals surface area contributed by atoms with Crippen LogP contribution in [0.2, 0.25) is 0 Å². The number of amides is 2. The average molecular weight is 270 g/mol. The Kier molecular flexibility index (Phi) is 3.94. The number of ether oxygens (including phenoxy) is 1. The van der Waals surface area contributed by atoms with Crippen LogP contribution >= 0.6 is 0 Å². The van der Waals surface area contributed by atoms with Crippen LogP contribution in [0.4, 0.5) is 8.78 Å². The molecule has 1 saturated carbocycles. The number of nitrogens with one attached hydrogen (secondary N) is 2. The van der Waals surface area contributed by atoms with E-state index in [1.165, 1.54) is 24.3 Å².